The van der Waals surface area contributed by atoms with Crippen LogP contribution in [0.15, 0.2) is 30.3 Å². The third kappa shape index (κ3) is 8.10. The third-order valence-electron chi connectivity index (χ3n) is 4.00. The maximum atomic E-state index is 12.4. The first kappa shape index (κ1) is 24.4. The second kappa shape index (κ2) is 12.0. The molecule has 0 aliphatic rings. The van der Waals surface area contributed by atoms with E-state index in [2.05, 4.69) is 28.6 Å². The van der Waals surface area contributed by atoms with E-state index in [4.69, 9.17) is 10.8 Å². The van der Waals surface area contributed by atoms with Gasteiger partial charge in [-0.05, 0) is 18.9 Å². The van der Waals surface area contributed by atoms with E-state index in [0.717, 1.165) is 5.56 Å². The number of carboxylic acids is 1. The molecule has 0 saturated heterocycles. The van der Waals surface area contributed by atoms with E-state index in [9.17, 15) is 24.3 Å². The van der Waals surface area contributed by atoms with E-state index in [-0.39, 0.29) is 12.2 Å². The highest BCUT2D eigenvalue weighted by atomic mass is 32.1. The Morgan fingerprint density at radius 3 is 2.07 bits per heavy atom. The maximum Gasteiger partial charge on any atom is 0.325 e. The fourth-order valence-electron chi connectivity index (χ4n) is 2.28. The van der Waals surface area contributed by atoms with E-state index in [0.29, 0.717) is 0 Å². The molecule has 1 aromatic carbocycles. The number of hydrogen-bond acceptors (Lipinski definition) is 7. The third-order valence-corrected chi connectivity index (χ3v) is 4.36. The number of carbonyl (C=O) groups is 4. The number of carboxylic acid groups (broad SMARTS) is 1. The van der Waals surface area contributed by atoms with Crippen LogP contribution in [0.4, 0.5) is 0 Å². The van der Waals surface area contributed by atoms with Crippen LogP contribution in [0.5, 0.6) is 0 Å². The summed E-state index contributed by atoms with van der Waals surface area (Å²) >= 11 is 4.03. The molecule has 29 heavy (non-hydrogen) atoms. The van der Waals surface area contributed by atoms with Crippen LogP contribution in [0.3, 0.4) is 0 Å². The zero-order chi connectivity index (χ0) is 22.0. The Morgan fingerprint density at radius 2 is 1.55 bits per heavy atom. The number of aliphatic carboxylic acids is 1. The number of hydrogen-bond donors (Lipinski definition) is 7. The molecule has 3 amide bonds. The van der Waals surface area contributed by atoms with Crippen molar-refractivity contribution in [3.8, 4) is 0 Å². The van der Waals surface area contributed by atoms with Gasteiger partial charge in [0.05, 0.1) is 12.6 Å². The lowest BCUT2D eigenvalue weighted by molar-refractivity contribution is -0.142. The number of rotatable bonds is 11. The normalized spacial score (nSPS) is 14.8. The van der Waals surface area contributed by atoms with Gasteiger partial charge in [0.2, 0.25) is 17.7 Å². The molecule has 0 bridgehead atoms. The zero-order valence-corrected chi connectivity index (χ0v) is 16.8. The Labute approximate surface area is 173 Å². The average molecular weight is 426 g/mol. The standard InChI is InChI=1S/C18H26N4O6S/c1-10(18(27)28)20-16(25)13(8-23)21-17(26)14(9-29)22-15(24)12(19)7-11-5-3-2-4-6-11/h2-6,10,12-14,23,29H,7-9,19H2,1H3,(H,20,25)(H,21,26)(H,22,24)(H,27,28). The van der Waals surface area contributed by atoms with Crippen molar-refractivity contribution < 1.29 is 29.4 Å². The first-order valence-electron chi connectivity index (χ1n) is 8.84. The van der Waals surface area contributed by atoms with Crippen molar-refractivity contribution >= 4 is 36.3 Å². The van der Waals surface area contributed by atoms with Crippen LogP contribution >= 0.6 is 12.6 Å². The van der Waals surface area contributed by atoms with Gasteiger partial charge in [-0.2, -0.15) is 12.6 Å². The lowest BCUT2D eigenvalue weighted by Crippen LogP contribution is -2.58. The first-order chi connectivity index (χ1) is 13.7. The minimum absolute atomic E-state index is 0.0824. The van der Waals surface area contributed by atoms with Gasteiger partial charge in [-0.1, -0.05) is 30.3 Å². The number of nitrogens with one attached hydrogen (secondary N) is 3. The van der Waals surface area contributed by atoms with Gasteiger partial charge in [-0.25, -0.2) is 0 Å². The molecule has 0 fully saturated rings. The molecule has 0 heterocycles. The van der Waals surface area contributed by atoms with Gasteiger partial charge in [0.15, 0.2) is 0 Å². The van der Waals surface area contributed by atoms with E-state index < -0.39 is 54.5 Å². The molecule has 0 saturated carbocycles. The Kier molecular flexibility index (Phi) is 10.1. The Bertz CT molecular complexity index is 718. The minimum atomic E-state index is -1.39. The van der Waals surface area contributed by atoms with Crippen LogP contribution in [-0.4, -0.2) is 70.4 Å². The largest absolute Gasteiger partial charge is 0.480 e. The molecule has 0 radical (unpaired) electrons. The number of carbonyl (C=O) groups excluding carboxylic acids is 3. The van der Waals surface area contributed by atoms with Crippen molar-refractivity contribution in [1.82, 2.24) is 16.0 Å². The highest BCUT2D eigenvalue weighted by Crippen LogP contribution is 2.02. The number of thiol groups is 1. The number of aliphatic hydroxyl groups is 1. The van der Waals surface area contributed by atoms with E-state index in [1.54, 1.807) is 0 Å². The quantitative estimate of drug-likeness (QED) is 0.201. The molecule has 160 valence electrons. The Balaban J connectivity index is 2.65. The molecular weight excluding hydrogens is 400 g/mol. The summed E-state index contributed by atoms with van der Waals surface area (Å²) in [5.41, 5.74) is 6.74. The molecule has 1 rings (SSSR count). The molecule has 0 spiro atoms. The van der Waals surface area contributed by atoms with Gasteiger partial charge in [-0.15, -0.1) is 0 Å². The van der Waals surface area contributed by atoms with Crippen LogP contribution in [0, 0.1) is 0 Å². The van der Waals surface area contributed by atoms with Gasteiger partial charge >= 0.3 is 5.97 Å². The summed E-state index contributed by atoms with van der Waals surface area (Å²) in [6.45, 7) is 0.478. The molecule has 11 heteroatoms. The van der Waals surface area contributed by atoms with Gasteiger partial charge in [-0.3, -0.25) is 19.2 Å². The second-order valence-electron chi connectivity index (χ2n) is 6.35. The minimum Gasteiger partial charge on any atom is -0.480 e. The molecule has 1 aromatic rings. The fraction of sp³-hybridized carbons (Fsp3) is 0.444. The lowest BCUT2D eigenvalue weighted by atomic mass is 10.1. The lowest BCUT2D eigenvalue weighted by Gasteiger charge is -2.23. The summed E-state index contributed by atoms with van der Waals surface area (Å²) in [6.07, 6.45) is 0.266. The van der Waals surface area contributed by atoms with Crippen LogP contribution < -0.4 is 21.7 Å². The van der Waals surface area contributed by atoms with E-state index in [1.807, 2.05) is 30.3 Å². The second-order valence-corrected chi connectivity index (χ2v) is 6.72. The predicted molar refractivity (Wildman–Crippen MR) is 108 cm³/mol. The summed E-state index contributed by atoms with van der Waals surface area (Å²) in [4.78, 5) is 47.4. The van der Waals surface area contributed by atoms with E-state index in [1.165, 1.54) is 6.92 Å². The SMILES string of the molecule is CC(NC(=O)C(CO)NC(=O)C(CS)NC(=O)C(N)Cc1ccccc1)C(=O)O. The molecule has 0 aliphatic carbocycles. The van der Waals surface area contributed by atoms with E-state index >= 15 is 0 Å². The van der Waals surface area contributed by atoms with Crippen molar-refractivity contribution in [2.75, 3.05) is 12.4 Å². The highest BCUT2D eigenvalue weighted by Gasteiger charge is 2.28. The molecular formula is C18H26N4O6S. The molecule has 7 N–H and O–H groups in total. The first-order valence-corrected chi connectivity index (χ1v) is 9.48. The number of amides is 3. The highest BCUT2D eigenvalue weighted by molar-refractivity contribution is 7.80. The molecule has 0 aromatic heterocycles. The molecule has 4 unspecified atom stereocenters. The number of aliphatic hydroxyl groups excluding tert-OH is 1. The number of benzene rings is 1. The van der Waals surface area contributed by atoms with Gasteiger partial charge in [0, 0.05) is 5.75 Å². The summed E-state index contributed by atoms with van der Waals surface area (Å²) in [6, 6.07) is 4.50. The Hall–Kier alpha value is -2.63. The average Bonchev–Trinajstić information content (AvgIpc) is 2.70. The smallest absolute Gasteiger partial charge is 0.325 e. The van der Waals surface area contributed by atoms with Crippen molar-refractivity contribution in [2.45, 2.75) is 37.5 Å². The van der Waals surface area contributed by atoms with Crippen molar-refractivity contribution in [3.63, 3.8) is 0 Å². The zero-order valence-electron chi connectivity index (χ0n) is 15.9. The predicted octanol–water partition coefficient (Wildman–Crippen LogP) is -1.96. The van der Waals surface area contributed by atoms with Crippen LogP contribution in [0.1, 0.15) is 12.5 Å². The maximum absolute atomic E-state index is 12.4. The monoisotopic (exact) mass is 426 g/mol. The summed E-state index contributed by atoms with van der Waals surface area (Å²) in [7, 11) is 0. The topological polar surface area (TPSA) is 171 Å². The molecule has 4 atom stereocenters. The van der Waals surface area contributed by atoms with Crippen molar-refractivity contribution in [3.05, 3.63) is 35.9 Å². The van der Waals surface area contributed by atoms with Gasteiger partial charge < -0.3 is 31.9 Å². The Morgan fingerprint density at radius 1 is 1.00 bits per heavy atom. The van der Waals surface area contributed by atoms with Gasteiger partial charge in [0.1, 0.15) is 18.1 Å². The van der Waals surface area contributed by atoms with Crippen LogP contribution in [0.25, 0.3) is 0 Å². The van der Waals surface area contributed by atoms with Crippen LogP contribution in [-0.2, 0) is 25.6 Å². The summed E-state index contributed by atoms with van der Waals surface area (Å²) in [5, 5.41) is 25.0. The fourth-order valence-corrected chi connectivity index (χ4v) is 2.53. The van der Waals surface area contributed by atoms with Crippen LogP contribution in [0.2, 0.25) is 0 Å². The summed E-state index contributed by atoms with van der Waals surface area (Å²) in [5.74, 6) is -3.57. The summed E-state index contributed by atoms with van der Waals surface area (Å²) < 4.78 is 0. The van der Waals surface area contributed by atoms with Crippen molar-refractivity contribution in [1.29, 1.82) is 0 Å². The van der Waals surface area contributed by atoms with Gasteiger partial charge in [0.25, 0.3) is 0 Å². The molecule has 0 aliphatic heterocycles. The number of nitrogens with two attached hydrogens (primary N) is 1. The van der Waals surface area contributed by atoms with Crippen molar-refractivity contribution in [2.24, 2.45) is 5.73 Å². The molecule has 10 nitrogen and oxygen atoms in total.